The lowest BCUT2D eigenvalue weighted by Crippen LogP contribution is -2.11. The highest BCUT2D eigenvalue weighted by atomic mass is 16.5. The van der Waals surface area contributed by atoms with Gasteiger partial charge in [-0.05, 0) is 58.5 Å². The zero-order chi connectivity index (χ0) is 30.0. The fourth-order valence-electron chi connectivity index (χ4n) is 5.50. The molecule has 6 nitrogen and oxygen atoms in total. The number of phenolic OH excluding ortho intramolecular Hbond substituents is 1. The summed E-state index contributed by atoms with van der Waals surface area (Å²) in [6.07, 6.45) is 8.94. The molecule has 224 valence electrons. The Morgan fingerprint density at radius 2 is 1.40 bits per heavy atom. The molecule has 1 heterocycles. The zero-order valence-corrected chi connectivity index (χ0v) is 25.7. The summed E-state index contributed by atoms with van der Waals surface area (Å²) in [7, 11) is 0. The molecule has 0 aliphatic heterocycles. The Kier molecular flexibility index (Phi) is 10.4. The monoisotopic (exact) mass is 577 g/mol. The number of fused-ring (bicyclic) bond motifs is 2. The van der Waals surface area contributed by atoms with Gasteiger partial charge in [0.05, 0.1) is 18.8 Å². The van der Waals surface area contributed by atoms with Crippen molar-refractivity contribution in [3.8, 4) is 40.3 Å². The molecule has 1 aromatic heterocycles. The Morgan fingerprint density at radius 3 is 2.07 bits per heavy atom. The van der Waals surface area contributed by atoms with Crippen LogP contribution in [0.3, 0.4) is 0 Å². The second-order valence-corrected chi connectivity index (χ2v) is 11.3. The van der Waals surface area contributed by atoms with Crippen LogP contribution in [0, 0.1) is 5.92 Å². The SMILES string of the molecule is CCCCCCOc1nc(-c2ccc(OCC(CC)CCCC)cc2O)nc(-c2c3ccccc3cc3ccccc23)n1. The molecule has 0 aliphatic carbocycles. The number of rotatable bonds is 15. The van der Waals surface area contributed by atoms with Crippen molar-refractivity contribution in [3.63, 3.8) is 0 Å². The van der Waals surface area contributed by atoms with Gasteiger partial charge in [-0.3, -0.25) is 0 Å². The lowest BCUT2D eigenvalue weighted by Gasteiger charge is -2.16. The van der Waals surface area contributed by atoms with Crippen LogP contribution in [-0.2, 0) is 0 Å². The van der Waals surface area contributed by atoms with Crippen LogP contribution in [0.5, 0.6) is 17.5 Å². The van der Waals surface area contributed by atoms with Gasteiger partial charge in [-0.1, -0.05) is 108 Å². The van der Waals surface area contributed by atoms with Crippen LogP contribution in [0.2, 0.25) is 0 Å². The number of hydrogen-bond donors (Lipinski definition) is 1. The minimum Gasteiger partial charge on any atom is -0.507 e. The van der Waals surface area contributed by atoms with E-state index in [0.29, 0.717) is 42.1 Å². The molecule has 5 aromatic rings. The van der Waals surface area contributed by atoms with E-state index in [1.54, 1.807) is 6.07 Å². The summed E-state index contributed by atoms with van der Waals surface area (Å²) in [5.41, 5.74) is 1.43. The van der Waals surface area contributed by atoms with E-state index in [4.69, 9.17) is 19.4 Å². The van der Waals surface area contributed by atoms with Gasteiger partial charge in [0.1, 0.15) is 11.5 Å². The maximum absolute atomic E-state index is 11.2. The number of benzene rings is 4. The Bertz CT molecular complexity index is 1600. The lowest BCUT2D eigenvalue weighted by atomic mass is 9.96. The van der Waals surface area contributed by atoms with Crippen molar-refractivity contribution in [1.29, 1.82) is 0 Å². The van der Waals surface area contributed by atoms with Crippen molar-refractivity contribution in [2.45, 2.75) is 72.1 Å². The highest BCUT2D eigenvalue weighted by Crippen LogP contribution is 2.37. The van der Waals surface area contributed by atoms with Crippen LogP contribution in [0.25, 0.3) is 44.3 Å². The predicted molar refractivity (Wildman–Crippen MR) is 176 cm³/mol. The summed E-state index contributed by atoms with van der Waals surface area (Å²) < 4.78 is 12.2. The van der Waals surface area contributed by atoms with Crippen molar-refractivity contribution < 1.29 is 14.6 Å². The standard InChI is InChI=1S/C37H43N3O3/c1-4-7-9-14-22-42-37-39-35(32-21-20-29(24-33(32)41)43-25-26(6-3)15-8-5-2)38-36(40-37)34-30-18-12-10-16-27(30)23-28-17-11-13-19-31(28)34/h10-13,16-21,23-24,26,41H,4-9,14-15,22,25H2,1-3H3. The maximum atomic E-state index is 11.2. The van der Waals surface area contributed by atoms with Gasteiger partial charge in [0, 0.05) is 11.6 Å². The molecular formula is C37H43N3O3. The summed E-state index contributed by atoms with van der Waals surface area (Å²) in [4.78, 5) is 14.4. The van der Waals surface area contributed by atoms with Crippen molar-refractivity contribution in [2.24, 2.45) is 5.92 Å². The van der Waals surface area contributed by atoms with E-state index in [1.807, 2.05) is 36.4 Å². The summed E-state index contributed by atoms with van der Waals surface area (Å²) in [5.74, 6) is 2.08. The summed E-state index contributed by atoms with van der Waals surface area (Å²) >= 11 is 0. The summed E-state index contributed by atoms with van der Waals surface area (Å²) in [6.45, 7) is 7.76. The molecule has 1 atom stereocenters. The largest absolute Gasteiger partial charge is 0.507 e. The molecule has 5 rings (SSSR count). The highest BCUT2D eigenvalue weighted by molar-refractivity contribution is 6.11. The van der Waals surface area contributed by atoms with Gasteiger partial charge in [0.15, 0.2) is 11.6 Å². The van der Waals surface area contributed by atoms with Crippen LogP contribution >= 0.6 is 0 Å². The second kappa shape index (κ2) is 14.8. The first-order valence-corrected chi connectivity index (χ1v) is 15.9. The third kappa shape index (κ3) is 7.42. The number of aromatic nitrogens is 3. The fourth-order valence-corrected chi connectivity index (χ4v) is 5.50. The molecule has 43 heavy (non-hydrogen) atoms. The van der Waals surface area contributed by atoms with Crippen LogP contribution < -0.4 is 9.47 Å². The Hall–Kier alpha value is -4.19. The van der Waals surface area contributed by atoms with E-state index in [0.717, 1.165) is 59.2 Å². The van der Waals surface area contributed by atoms with Gasteiger partial charge in [0.2, 0.25) is 0 Å². The molecule has 0 fully saturated rings. The normalized spacial score (nSPS) is 12.1. The molecule has 1 unspecified atom stereocenters. The van der Waals surface area contributed by atoms with Crippen molar-refractivity contribution in [3.05, 3.63) is 72.8 Å². The topological polar surface area (TPSA) is 77.4 Å². The zero-order valence-electron chi connectivity index (χ0n) is 25.7. The molecule has 0 radical (unpaired) electrons. The van der Waals surface area contributed by atoms with Gasteiger partial charge < -0.3 is 14.6 Å². The number of aromatic hydroxyl groups is 1. The average molecular weight is 578 g/mol. The predicted octanol–water partition coefficient (Wildman–Crippen LogP) is 9.77. The van der Waals surface area contributed by atoms with E-state index in [2.05, 4.69) is 56.1 Å². The van der Waals surface area contributed by atoms with Crippen LogP contribution in [0.1, 0.15) is 72.1 Å². The van der Waals surface area contributed by atoms with Crippen LogP contribution in [0.15, 0.2) is 72.8 Å². The Morgan fingerprint density at radius 1 is 0.698 bits per heavy atom. The first-order chi connectivity index (χ1) is 21.1. The number of nitrogens with zero attached hydrogens (tertiary/aromatic N) is 3. The number of ether oxygens (including phenoxy) is 2. The van der Waals surface area contributed by atoms with E-state index >= 15 is 0 Å². The van der Waals surface area contributed by atoms with E-state index < -0.39 is 0 Å². The molecule has 4 aromatic carbocycles. The van der Waals surface area contributed by atoms with Gasteiger partial charge in [-0.2, -0.15) is 9.97 Å². The van der Waals surface area contributed by atoms with Gasteiger partial charge in [-0.15, -0.1) is 0 Å². The van der Waals surface area contributed by atoms with E-state index in [-0.39, 0.29) is 11.8 Å². The maximum Gasteiger partial charge on any atom is 0.320 e. The third-order valence-corrected chi connectivity index (χ3v) is 8.08. The van der Waals surface area contributed by atoms with E-state index in [1.165, 1.54) is 19.3 Å². The van der Waals surface area contributed by atoms with E-state index in [9.17, 15) is 5.11 Å². The minimum absolute atomic E-state index is 0.0629. The fraction of sp³-hybridized carbons (Fsp3) is 0.378. The van der Waals surface area contributed by atoms with Gasteiger partial charge in [-0.25, -0.2) is 4.98 Å². The van der Waals surface area contributed by atoms with Crippen molar-refractivity contribution in [2.75, 3.05) is 13.2 Å². The average Bonchev–Trinajstić information content (AvgIpc) is 3.03. The van der Waals surface area contributed by atoms with Gasteiger partial charge >= 0.3 is 6.01 Å². The molecule has 0 bridgehead atoms. The molecule has 0 aliphatic rings. The first-order valence-electron chi connectivity index (χ1n) is 15.9. The Balaban J connectivity index is 1.54. The molecule has 0 saturated carbocycles. The summed E-state index contributed by atoms with van der Waals surface area (Å²) in [5, 5.41) is 15.5. The van der Waals surface area contributed by atoms with Gasteiger partial charge in [0.25, 0.3) is 0 Å². The number of hydrogen-bond acceptors (Lipinski definition) is 6. The van der Waals surface area contributed by atoms with Crippen LogP contribution in [-0.4, -0.2) is 33.3 Å². The van der Waals surface area contributed by atoms with Crippen LogP contribution in [0.4, 0.5) is 0 Å². The minimum atomic E-state index is 0.0629. The molecule has 6 heteroatoms. The third-order valence-electron chi connectivity index (χ3n) is 8.08. The molecule has 0 saturated heterocycles. The molecular weight excluding hydrogens is 534 g/mol. The first kappa shape index (κ1) is 30.3. The number of unbranched alkanes of at least 4 members (excludes halogenated alkanes) is 4. The quantitative estimate of drug-likeness (QED) is 0.0986. The van der Waals surface area contributed by atoms with Crippen molar-refractivity contribution in [1.82, 2.24) is 15.0 Å². The molecule has 0 amide bonds. The summed E-state index contributed by atoms with van der Waals surface area (Å²) in [6, 6.07) is 24.4. The smallest absolute Gasteiger partial charge is 0.320 e. The molecule has 0 spiro atoms. The number of phenols is 1. The Labute approximate surface area is 255 Å². The second-order valence-electron chi connectivity index (χ2n) is 11.3. The highest BCUT2D eigenvalue weighted by Gasteiger charge is 2.19. The lowest BCUT2D eigenvalue weighted by molar-refractivity contribution is 0.232. The molecule has 1 N–H and O–H groups in total. The van der Waals surface area contributed by atoms with Crippen molar-refractivity contribution >= 4 is 21.5 Å².